The Kier molecular flexibility index (Phi) is 6.20. The van der Waals surface area contributed by atoms with Crippen LogP contribution in [-0.4, -0.2) is 61.2 Å². The number of fused-ring (bicyclic) bond motifs is 1. The Morgan fingerprint density at radius 1 is 1.04 bits per heavy atom. The molecule has 1 aromatic heterocycles. The maximum absolute atomic E-state index is 6.10. The highest BCUT2D eigenvalue weighted by molar-refractivity contribution is 9.10. The number of H-pyrrole nitrogens is 1. The summed E-state index contributed by atoms with van der Waals surface area (Å²) in [7, 11) is 2.18. The van der Waals surface area contributed by atoms with E-state index in [-0.39, 0.29) is 0 Å². The highest BCUT2D eigenvalue weighted by atomic mass is 79.9. The van der Waals surface area contributed by atoms with E-state index >= 15 is 0 Å². The standard InChI is InChI=1S/C22H27BrN4O/c1-26-10-12-27(13-11-26)14-15-28-21-9-5-4-8-19(21)24-16-20-22(23)17-6-2-3-7-18(17)25-20/h2-9,24-25H,10-16H2,1H3. The topological polar surface area (TPSA) is 43.5 Å². The fourth-order valence-electron chi connectivity index (χ4n) is 3.56. The molecule has 1 saturated heterocycles. The quantitative estimate of drug-likeness (QED) is 0.576. The number of hydrogen-bond acceptors (Lipinski definition) is 4. The van der Waals surface area contributed by atoms with Crippen LogP contribution in [0.1, 0.15) is 5.69 Å². The second-order valence-corrected chi connectivity index (χ2v) is 8.10. The predicted molar refractivity (Wildman–Crippen MR) is 119 cm³/mol. The SMILES string of the molecule is CN1CCN(CCOc2ccccc2NCc2[nH]c3ccccc3c2Br)CC1. The van der Waals surface area contributed by atoms with Crippen molar-refractivity contribution in [3.63, 3.8) is 0 Å². The number of anilines is 1. The Labute approximate surface area is 174 Å². The van der Waals surface area contributed by atoms with Gasteiger partial charge in [-0.3, -0.25) is 4.90 Å². The number of benzene rings is 2. The van der Waals surface area contributed by atoms with Crippen molar-refractivity contribution in [2.45, 2.75) is 6.54 Å². The first-order valence-electron chi connectivity index (χ1n) is 9.82. The van der Waals surface area contributed by atoms with Crippen LogP contribution in [0.4, 0.5) is 5.69 Å². The number of aromatic nitrogens is 1. The van der Waals surface area contributed by atoms with Gasteiger partial charge in [0.25, 0.3) is 0 Å². The van der Waals surface area contributed by atoms with Crippen molar-refractivity contribution in [2.24, 2.45) is 0 Å². The largest absolute Gasteiger partial charge is 0.490 e. The minimum Gasteiger partial charge on any atom is -0.490 e. The fraction of sp³-hybridized carbons (Fsp3) is 0.364. The van der Waals surface area contributed by atoms with Crippen LogP contribution < -0.4 is 10.1 Å². The van der Waals surface area contributed by atoms with Crippen molar-refractivity contribution in [3.8, 4) is 5.75 Å². The van der Waals surface area contributed by atoms with E-state index in [1.165, 1.54) is 5.39 Å². The first-order chi connectivity index (χ1) is 13.7. The van der Waals surface area contributed by atoms with Crippen LogP contribution in [0, 0.1) is 0 Å². The van der Waals surface area contributed by atoms with Gasteiger partial charge >= 0.3 is 0 Å². The van der Waals surface area contributed by atoms with Crippen LogP contribution in [0.25, 0.3) is 10.9 Å². The molecule has 2 heterocycles. The van der Waals surface area contributed by atoms with Crippen molar-refractivity contribution < 1.29 is 4.74 Å². The molecule has 0 aliphatic carbocycles. The van der Waals surface area contributed by atoms with Gasteiger partial charge in [0.05, 0.1) is 12.2 Å². The number of hydrogen-bond donors (Lipinski definition) is 2. The van der Waals surface area contributed by atoms with Crippen LogP contribution >= 0.6 is 15.9 Å². The van der Waals surface area contributed by atoms with E-state index < -0.39 is 0 Å². The molecule has 3 aromatic rings. The van der Waals surface area contributed by atoms with Gasteiger partial charge in [0.2, 0.25) is 0 Å². The zero-order valence-electron chi connectivity index (χ0n) is 16.2. The molecule has 4 rings (SSSR count). The molecule has 148 valence electrons. The minimum atomic E-state index is 0.702. The van der Waals surface area contributed by atoms with Gasteiger partial charge in [0.15, 0.2) is 0 Å². The number of likely N-dealkylation sites (N-methyl/N-ethyl adjacent to an activating group) is 1. The third-order valence-electron chi connectivity index (χ3n) is 5.32. The van der Waals surface area contributed by atoms with Gasteiger partial charge in [-0.05, 0) is 41.2 Å². The van der Waals surface area contributed by atoms with Crippen LogP contribution in [0.5, 0.6) is 5.75 Å². The summed E-state index contributed by atoms with van der Waals surface area (Å²) in [5.74, 6) is 0.906. The Balaban J connectivity index is 1.35. The lowest BCUT2D eigenvalue weighted by Crippen LogP contribution is -2.45. The Morgan fingerprint density at radius 2 is 1.79 bits per heavy atom. The van der Waals surface area contributed by atoms with E-state index in [2.05, 4.69) is 67.3 Å². The lowest BCUT2D eigenvalue weighted by atomic mass is 10.2. The number of halogens is 1. The molecule has 0 bridgehead atoms. The van der Waals surface area contributed by atoms with E-state index in [0.29, 0.717) is 13.2 Å². The molecular formula is C22H27BrN4O. The summed E-state index contributed by atoms with van der Waals surface area (Å²) < 4.78 is 7.22. The third-order valence-corrected chi connectivity index (χ3v) is 6.22. The van der Waals surface area contributed by atoms with Crippen LogP contribution in [0.2, 0.25) is 0 Å². The molecule has 5 nitrogen and oxygen atoms in total. The van der Waals surface area contributed by atoms with Crippen LogP contribution in [0.15, 0.2) is 53.0 Å². The maximum atomic E-state index is 6.10. The zero-order chi connectivity index (χ0) is 19.3. The highest BCUT2D eigenvalue weighted by Gasteiger charge is 2.14. The van der Waals surface area contributed by atoms with Gasteiger partial charge in [-0.2, -0.15) is 0 Å². The molecule has 2 N–H and O–H groups in total. The molecular weight excluding hydrogens is 416 g/mol. The van der Waals surface area contributed by atoms with E-state index in [1.54, 1.807) is 0 Å². The number of ether oxygens (including phenoxy) is 1. The lowest BCUT2D eigenvalue weighted by Gasteiger charge is -2.32. The third kappa shape index (κ3) is 4.51. The van der Waals surface area contributed by atoms with Gasteiger partial charge in [-0.25, -0.2) is 0 Å². The molecule has 6 heteroatoms. The molecule has 1 aliphatic heterocycles. The molecule has 0 unspecified atom stereocenters. The van der Waals surface area contributed by atoms with Crippen molar-refractivity contribution in [1.29, 1.82) is 0 Å². The minimum absolute atomic E-state index is 0.702. The molecule has 1 fully saturated rings. The van der Waals surface area contributed by atoms with E-state index in [4.69, 9.17) is 4.74 Å². The summed E-state index contributed by atoms with van der Waals surface area (Å²) >= 11 is 3.72. The van der Waals surface area contributed by atoms with Gasteiger partial charge < -0.3 is 19.9 Å². The van der Waals surface area contributed by atoms with Crippen molar-refractivity contribution in [3.05, 3.63) is 58.7 Å². The molecule has 2 aromatic carbocycles. The number of aromatic amines is 1. The molecule has 0 amide bonds. The van der Waals surface area contributed by atoms with Gasteiger partial charge in [-0.1, -0.05) is 30.3 Å². The second kappa shape index (κ2) is 8.99. The molecule has 28 heavy (non-hydrogen) atoms. The van der Waals surface area contributed by atoms with Gasteiger partial charge in [0, 0.05) is 53.8 Å². The molecule has 0 atom stereocenters. The number of para-hydroxylation sites is 3. The van der Waals surface area contributed by atoms with Crippen LogP contribution in [-0.2, 0) is 6.54 Å². The summed E-state index contributed by atoms with van der Waals surface area (Å²) in [6.45, 7) is 6.89. The number of nitrogens with one attached hydrogen (secondary N) is 2. The first kappa shape index (κ1) is 19.3. The summed E-state index contributed by atoms with van der Waals surface area (Å²) in [6, 6.07) is 16.5. The number of rotatable bonds is 7. The molecule has 1 aliphatic rings. The van der Waals surface area contributed by atoms with Crippen LogP contribution in [0.3, 0.4) is 0 Å². The monoisotopic (exact) mass is 442 g/mol. The van der Waals surface area contributed by atoms with E-state index in [9.17, 15) is 0 Å². The van der Waals surface area contributed by atoms with Gasteiger partial charge in [0.1, 0.15) is 12.4 Å². The normalized spacial score (nSPS) is 15.8. The summed E-state index contributed by atoms with van der Waals surface area (Å²) in [5.41, 5.74) is 3.29. The maximum Gasteiger partial charge on any atom is 0.142 e. The van der Waals surface area contributed by atoms with E-state index in [1.807, 2.05) is 24.3 Å². The van der Waals surface area contributed by atoms with Crippen molar-refractivity contribution in [1.82, 2.24) is 14.8 Å². The molecule has 0 radical (unpaired) electrons. The molecule has 0 saturated carbocycles. The zero-order valence-corrected chi connectivity index (χ0v) is 17.8. The average Bonchev–Trinajstić information content (AvgIpc) is 3.05. The highest BCUT2D eigenvalue weighted by Crippen LogP contribution is 2.30. The smallest absolute Gasteiger partial charge is 0.142 e. The van der Waals surface area contributed by atoms with E-state index in [0.717, 1.165) is 59.8 Å². The Bertz CT molecular complexity index is 918. The predicted octanol–water partition coefficient (Wildman–Crippen LogP) is 4.17. The molecule has 0 spiro atoms. The number of piperazine rings is 1. The Morgan fingerprint density at radius 3 is 2.61 bits per heavy atom. The lowest BCUT2D eigenvalue weighted by molar-refractivity contribution is 0.134. The van der Waals surface area contributed by atoms with Gasteiger partial charge in [-0.15, -0.1) is 0 Å². The number of nitrogens with zero attached hydrogens (tertiary/aromatic N) is 2. The van der Waals surface area contributed by atoms with Crippen molar-refractivity contribution in [2.75, 3.05) is 51.7 Å². The summed E-state index contributed by atoms with van der Waals surface area (Å²) in [5, 5.41) is 4.72. The first-order valence-corrected chi connectivity index (χ1v) is 10.6. The average molecular weight is 443 g/mol. The summed E-state index contributed by atoms with van der Waals surface area (Å²) in [6.07, 6.45) is 0. The Hall–Kier alpha value is -2.02. The summed E-state index contributed by atoms with van der Waals surface area (Å²) in [4.78, 5) is 8.33. The van der Waals surface area contributed by atoms with Crippen molar-refractivity contribution >= 4 is 32.5 Å². The second-order valence-electron chi connectivity index (χ2n) is 7.31. The fourth-order valence-corrected chi connectivity index (χ4v) is 4.15.